The minimum absolute atomic E-state index is 0.0658. The Hall–Kier alpha value is -1.02. The third-order valence-corrected chi connectivity index (χ3v) is 2.32. The zero-order valence-corrected chi connectivity index (χ0v) is 8.79. The van der Waals surface area contributed by atoms with Gasteiger partial charge >= 0.3 is 0 Å². The van der Waals surface area contributed by atoms with Gasteiger partial charge in [-0.25, -0.2) is 0 Å². The van der Waals surface area contributed by atoms with Crippen molar-refractivity contribution in [1.29, 1.82) is 0 Å². The Morgan fingerprint density at radius 1 is 1.43 bits per heavy atom. The maximum atomic E-state index is 9.01. The summed E-state index contributed by atoms with van der Waals surface area (Å²) in [7, 11) is 1.65. The van der Waals surface area contributed by atoms with E-state index in [4.69, 9.17) is 9.84 Å². The summed E-state index contributed by atoms with van der Waals surface area (Å²) < 4.78 is 5.18. The maximum Gasteiger partial charge on any atom is 0.119 e. The number of benzene rings is 1. The fourth-order valence-corrected chi connectivity index (χ4v) is 1.35. The number of aliphatic hydroxyl groups excluding tert-OH is 1. The summed E-state index contributed by atoms with van der Waals surface area (Å²) >= 11 is 0. The van der Waals surface area contributed by atoms with Crippen LogP contribution in [0, 0.1) is 6.92 Å². The Kier molecular flexibility index (Phi) is 3.96. The van der Waals surface area contributed by atoms with Crippen molar-refractivity contribution in [2.75, 3.05) is 13.7 Å². The third-order valence-electron chi connectivity index (χ3n) is 2.32. The normalized spacial score (nSPS) is 12.6. The van der Waals surface area contributed by atoms with E-state index >= 15 is 0 Å². The highest BCUT2D eigenvalue weighted by Crippen LogP contribution is 2.23. The minimum Gasteiger partial charge on any atom is -0.497 e. The van der Waals surface area contributed by atoms with E-state index in [1.54, 1.807) is 7.11 Å². The fourth-order valence-electron chi connectivity index (χ4n) is 1.35. The predicted molar refractivity (Wildman–Crippen MR) is 57.6 cm³/mol. The lowest BCUT2D eigenvalue weighted by Crippen LogP contribution is -2.00. The summed E-state index contributed by atoms with van der Waals surface area (Å²) in [6.07, 6.45) is 0.961. The Labute approximate surface area is 85.5 Å². The van der Waals surface area contributed by atoms with Gasteiger partial charge in [0.05, 0.1) is 7.11 Å². The van der Waals surface area contributed by atoms with Crippen LogP contribution in [0.4, 0.5) is 0 Å². The second kappa shape index (κ2) is 5.01. The Balaban J connectivity index is 3.04. The zero-order chi connectivity index (χ0) is 10.6. The number of aryl methyl sites for hydroxylation is 1. The number of methoxy groups -OCH3 is 1. The molecule has 2 heteroatoms. The minimum atomic E-state index is -0.0737. The van der Waals surface area contributed by atoms with Gasteiger partial charge in [0.25, 0.3) is 0 Å². The molecule has 0 aliphatic carbocycles. The summed E-state index contributed by atoms with van der Waals surface area (Å²) in [4.78, 5) is 0. The number of hydrogen-bond donors (Lipinski definition) is 1. The van der Waals surface area contributed by atoms with Gasteiger partial charge in [0.1, 0.15) is 5.75 Å². The molecular formula is C12H17O2. The third kappa shape index (κ3) is 2.48. The summed E-state index contributed by atoms with van der Waals surface area (Å²) in [5.41, 5.74) is 2.24. The van der Waals surface area contributed by atoms with Gasteiger partial charge in [-0.3, -0.25) is 0 Å². The standard InChI is InChI=1S/C12H17O2/c1-4-10-5-11(9(2)8-13)7-12(6-10)14-3/h5-7,9,13H,2,4,8H2,1,3H3. The van der Waals surface area contributed by atoms with Crippen molar-refractivity contribution in [2.45, 2.75) is 19.3 Å². The van der Waals surface area contributed by atoms with Crippen LogP contribution in [0.3, 0.4) is 0 Å². The van der Waals surface area contributed by atoms with Gasteiger partial charge in [-0.05, 0) is 36.6 Å². The molecule has 0 fully saturated rings. The van der Waals surface area contributed by atoms with E-state index in [1.807, 2.05) is 12.1 Å². The highest BCUT2D eigenvalue weighted by Gasteiger charge is 2.06. The van der Waals surface area contributed by atoms with Crippen LogP contribution in [0.5, 0.6) is 5.75 Å². The van der Waals surface area contributed by atoms with E-state index < -0.39 is 0 Å². The number of rotatable bonds is 4. The average molecular weight is 193 g/mol. The molecule has 14 heavy (non-hydrogen) atoms. The van der Waals surface area contributed by atoms with E-state index in [2.05, 4.69) is 19.9 Å². The van der Waals surface area contributed by atoms with Crippen molar-refractivity contribution < 1.29 is 9.84 Å². The maximum absolute atomic E-state index is 9.01. The monoisotopic (exact) mass is 193 g/mol. The molecule has 0 saturated heterocycles. The molecular weight excluding hydrogens is 176 g/mol. The molecule has 0 aromatic heterocycles. The van der Waals surface area contributed by atoms with Crippen molar-refractivity contribution in [1.82, 2.24) is 0 Å². The molecule has 1 N–H and O–H groups in total. The smallest absolute Gasteiger partial charge is 0.119 e. The molecule has 0 spiro atoms. The van der Waals surface area contributed by atoms with Crippen LogP contribution < -0.4 is 4.74 Å². The molecule has 2 nitrogen and oxygen atoms in total. The molecule has 1 radical (unpaired) electrons. The predicted octanol–water partition coefficient (Wildman–Crippen LogP) is 2.17. The van der Waals surface area contributed by atoms with Gasteiger partial charge in [0, 0.05) is 12.5 Å². The Morgan fingerprint density at radius 3 is 2.64 bits per heavy atom. The van der Waals surface area contributed by atoms with Gasteiger partial charge in [-0.2, -0.15) is 0 Å². The first kappa shape index (κ1) is 11.1. The zero-order valence-electron chi connectivity index (χ0n) is 8.79. The first-order valence-electron chi connectivity index (χ1n) is 4.83. The molecule has 1 unspecified atom stereocenters. The Bertz CT molecular complexity index is 272. The van der Waals surface area contributed by atoms with Crippen LogP contribution in [0.2, 0.25) is 0 Å². The van der Waals surface area contributed by atoms with Crippen molar-refractivity contribution in [2.24, 2.45) is 0 Å². The lowest BCUT2D eigenvalue weighted by Gasteiger charge is -2.12. The van der Waals surface area contributed by atoms with Gasteiger partial charge in [0.2, 0.25) is 0 Å². The largest absolute Gasteiger partial charge is 0.497 e. The van der Waals surface area contributed by atoms with Crippen LogP contribution in [-0.2, 0) is 6.42 Å². The van der Waals surface area contributed by atoms with Crippen LogP contribution in [-0.4, -0.2) is 18.8 Å². The van der Waals surface area contributed by atoms with Crippen molar-refractivity contribution >= 4 is 0 Å². The van der Waals surface area contributed by atoms with E-state index in [0.717, 1.165) is 17.7 Å². The first-order valence-corrected chi connectivity index (χ1v) is 4.83. The van der Waals surface area contributed by atoms with Gasteiger partial charge in [-0.1, -0.05) is 13.0 Å². The summed E-state index contributed by atoms with van der Waals surface area (Å²) in [6.45, 7) is 6.03. The topological polar surface area (TPSA) is 29.5 Å². The molecule has 1 rings (SSSR count). The van der Waals surface area contributed by atoms with E-state index in [0.29, 0.717) is 0 Å². The average Bonchev–Trinajstić information content (AvgIpc) is 2.27. The van der Waals surface area contributed by atoms with E-state index in [1.165, 1.54) is 5.56 Å². The lowest BCUT2D eigenvalue weighted by atomic mass is 9.98. The molecule has 0 amide bonds. The molecule has 1 aromatic rings. The molecule has 0 bridgehead atoms. The molecule has 0 aliphatic rings. The quantitative estimate of drug-likeness (QED) is 0.794. The molecule has 77 valence electrons. The number of hydrogen-bond acceptors (Lipinski definition) is 2. The molecule has 1 atom stereocenters. The summed E-state index contributed by atoms with van der Waals surface area (Å²) in [5, 5.41) is 9.01. The van der Waals surface area contributed by atoms with Gasteiger partial charge < -0.3 is 9.84 Å². The van der Waals surface area contributed by atoms with Crippen molar-refractivity contribution in [3.8, 4) is 5.75 Å². The SMILES string of the molecule is [CH2]C(CO)c1cc(CC)cc(OC)c1. The number of aliphatic hydroxyl groups is 1. The Morgan fingerprint density at radius 2 is 2.14 bits per heavy atom. The van der Waals surface area contributed by atoms with Gasteiger partial charge in [0.15, 0.2) is 0 Å². The van der Waals surface area contributed by atoms with Crippen LogP contribution in [0.15, 0.2) is 18.2 Å². The van der Waals surface area contributed by atoms with Crippen LogP contribution in [0.1, 0.15) is 24.0 Å². The molecule has 0 heterocycles. The summed E-state index contributed by atoms with van der Waals surface area (Å²) in [5.74, 6) is 0.761. The molecule has 0 aliphatic heterocycles. The lowest BCUT2D eigenvalue weighted by molar-refractivity contribution is 0.282. The first-order chi connectivity index (χ1) is 6.71. The van der Waals surface area contributed by atoms with Crippen molar-refractivity contribution in [3.63, 3.8) is 0 Å². The van der Waals surface area contributed by atoms with Crippen LogP contribution in [0.25, 0.3) is 0 Å². The molecule has 1 aromatic carbocycles. The second-order valence-electron chi connectivity index (χ2n) is 3.35. The number of ether oxygens (including phenoxy) is 1. The summed E-state index contributed by atoms with van der Waals surface area (Å²) in [6, 6.07) is 6.00. The fraction of sp³-hybridized carbons (Fsp3) is 0.417. The highest BCUT2D eigenvalue weighted by atomic mass is 16.5. The molecule has 0 saturated carbocycles. The van der Waals surface area contributed by atoms with E-state index in [9.17, 15) is 0 Å². The van der Waals surface area contributed by atoms with E-state index in [-0.39, 0.29) is 12.5 Å². The second-order valence-corrected chi connectivity index (χ2v) is 3.35. The highest BCUT2D eigenvalue weighted by molar-refractivity contribution is 5.36. The van der Waals surface area contributed by atoms with Crippen LogP contribution >= 0.6 is 0 Å². The van der Waals surface area contributed by atoms with Gasteiger partial charge in [-0.15, -0.1) is 0 Å². The van der Waals surface area contributed by atoms with Crippen molar-refractivity contribution in [3.05, 3.63) is 36.2 Å².